The zero-order chi connectivity index (χ0) is 18.8. The van der Waals surface area contributed by atoms with Crippen LogP contribution in [0.25, 0.3) is 22.3 Å². The molecule has 8 nitrogen and oxygen atoms in total. The monoisotopic (exact) mass is 381 g/mol. The van der Waals surface area contributed by atoms with E-state index in [4.69, 9.17) is 16.3 Å². The van der Waals surface area contributed by atoms with E-state index in [0.717, 1.165) is 16.7 Å². The SMILES string of the molecule is COc1c(-c2cncnc2)cc(Cl)cc1C(C)Nc1ncnc2[nH]cnc12. The minimum atomic E-state index is -0.156. The highest BCUT2D eigenvalue weighted by atomic mass is 35.5. The van der Waals surface area contributed by atoms with Gasteiger partial charge in [0.25, 0.3) is 0 Å². The van der Waals surface area contributed by atoms with Crippen molar-refractivity contribution in [1.82, 2.24) is 29.9 Å². The van der Waals surface area contributed by atoms with Crippen LogP contribution in [0.3, 0.4) is 0 Å². The third-order valence-corrected chi connectivity index (χ3v) is 4.41. The van der Waals surface area contributed by atoms with Gasteiger partial charge in [-0.2, -0.15) is 0 Å². The number of hydrogen-bond acceptors (Lipinski definition) is 7. The quantitative estimate of drug-likeness (QED) is 0.544. The Labute approximate surface area is 160 Å². The Morgan fingerprint density at radius 2 is 1.93 bits per heavy atom. The maximum absolute atomic E-state index is 6.39. The minimum Gasteiger partial charge on any atom is -0.496 e. The fourth-order valence-electron chi connectivity index (χ4n) is 2.97. The van der Waals surface area contributed by atoms with Crippen LogP contribution < -0.4 is 10.1 Å². The lowest BCUT2D eigenvalue weighted by atomic mass is 9.99. The average Bonchev–Trinajstić information content (AvgIpc) is 3.18. The van der Waals surface area contributed by atoms with Gasteiger partial charge in [-0.25, -0.2) is 24.9 Å². The molecule has 2 N–H and O–H groups in total. The molecule has 0 fully saturated rings. The summed E-state index contributed by atoms with van der Waals surface area (Å²) in [5.74, 6) is 1.32. The number of methoxy groups -OCH3 is 1. The zero-order valence-corrected chi connectivity index (χ0v) is 15.4. The molecular weight excluding hydrogens is 366 g/mol. The number of H-pyrrole nitrogens is 1. The molecule has 136 valence electrons. The van der Waals surface area contributed by atoms with Gasteiger partial charge in [0, 0.05) is 34.1 Å². The summed E-state index contributed by atoms with van der Waals surface area (Å²) < 4.78 is 5.71. The van der Waals surface area contributed by atoms with Crippen molar-refractivity contribution in [3.05, 3.63) is 54.1 Å². The molecule has 9 heteroatoms. The van der Waals surface area contributed by atoms with Gasteiger partial charge < -0.3 is 15.0 Å². The summed E-state index contributed by atoms with van der Waals surface area (Å²) >= 11 is 6.39. The summed E-state index contributed by atoms with van der Waals surface area (Å²) in [7, 11) is 1.63. The molecule has 3 aromatic heterocycles. The Morgan fingerprint density at radius 3 is 2.70 bits per heavy atom. The number of rotatable bonds is 5. The molecule has 0 bridgehead atoms. The zero-order valence-electron chi connectivity index (χ0n) is 14.6. The Hall–Kier alpha value is -3.26. The highest BCUT2D eigenvalue weighted by molar-refractivity contribution is 6.31. The van der Waals surface area contributed by atoms with Crippen molar-refractivity contribution >= 4 is 28.6 Å². The van der Waals surface area contributed by atoms with E-state index in [-0.39, 0.29) is 6.04 Å². The van der Waals surface area contributed by atoms with Crippen LogP contribution in [0.2, 0.25) is 5.02 Å². The number of benzene rings is 1. The highest BCUT2D eigenvalue weighted by Gasteiger charge is 2.19. The molecule has 27 heavy (non-hydrogen) atoms. The largest absolute Gasteiger partial charge is 0.496 e. The van der Waals surface area contributed by atoms with Crippen LogP contribution in [-0.2, 0) is 0 Å². The van der Waals surface area contributed by atoms with Crippen LogP contribution in [0.1, 0.15) is 18.5 Å². The number of ether oxygens (including phenoxy) is 1. The summed E-state index contributed by atoms with van der Waals surface area (Å²) in [6.07, 6.45) is 8.00. The first kappa shape index (κ1) is 17.2. The van der Waals surface area contributed by atoms with E-state index in [2.05, 4.69) is 35.2 Å². The maximum atomic E-state index is 6.39. The molecule has 0 saturated heterocycles. The molecule has 1 aromatic carbocycles. The van der Waals surface area contributed by atoms with E-state index in [0.29, 0.717) is 27.8 Å². The Kier molecular flexibility index (Phi) is 4.55. The molecule has 1 atom stereocenters. The number of aromatic nitrogens is 6. The first-order valence-electron chi connectivity index (χ1n) is 8.20. The molecule has 3 heterocycles. The van der Waals surface area contributed by atoms with Gasteiger partial charge in [0.15, 0.2) is 11.5 Å². The topological polar surface area (TPSA) is 102 Å². The van der Waals surface area contributed by atoms with Gasteiger partial charge in [0.05, 0.1) is 19.5 Å². The summed E-state index contributed by atoms with van der Waals surface area (Å²) in [5.41, 5.74) is 3.86. The molecule has 0 saturated carbocycles. The number of imidazole rings is 1. The fourth-order valence-corrected chi connectivity index (χ4v) is 3.20. The third-order valence-electron chi connectivity index (χ3n) is 4.20. The molecule has 0 radical (unpaired) electrons. The Bertz CT molecular complexity index is 1080. The van der Waals surface area contributed by atoms with Crippen LogP contribution in [0.4, 0.5) is 5.82 Å². The lowest BCUT2D eigenvalue weighted by molar-refractivity contribution is 0.409. The fraction of sp³-hybridized carbons (Fsp3) is 0.167. The van der Waals surface area contributed by atoms with E-state index in [1.165, 1.54) is 12.7 Å². The number of aromatic amines is 1. The Morgan fingerprint density at radius 1 is 1.11 bits per heavy atom. The van der Waals surface area contributed by atoms with E-state index in [9.17, 15) is 0 Å². The molecule has 0 aliphatic rings. The normalized spacial score (nSPS) is 12.1. The summed E-state index contributed by atoms with van der Waals surface area (Å²) in [5, 5.41) is 3.95. The minimum absolute atomic E-state index is 0.156. The second-order valence-corrected chi connectivity index (χ2v) is 6.33. The van der Waals surface area contributed by atoms with Crippen LogP contribution >= 0.6 is 11.6 Å². The van der Waals surface area contributed by atoms with Crippen LogP contribution in [0.5, 0.6) is 5.75 Å². The number of anilines is 1. The lowest BCUT2D eigenvalue weighted by Crippen LogP contribution is -2.10. The molecule has 0 spiro atoms. The van der Waals surface area contributed by atoms with Gasteiger partial charge in [0.2, 0.25) is 0 Å². The summed E-state index contributed by atoms with van der Waals surface area (Å²) in [6.45, 7) is 2.00. The van der Waals surface area contributed by atoms with E-state index < -0.39 is 0 Å². The van der Waals surface area contributed by atoms with E-state index in [1.54, 1.807) is 25.8 Å². The number of nitrogens with zero attached hydrogens (tertiary/aromatic N) is 5. The molecule has 0 amide bonds. The number of nitrogens with one attached hydrogen (secondary N) is 2. The number of hydrogen-bond donors (Lipinski definition) is 2. The van der Waals surface area contributed by atoms with Gasteiger partial charge in [-0.1, -0.05) is 11.6 Å². The average molecular weight is 382 g/mol. The molecule has 1 unspecified atom stereocenters. The van der Waals surface area contributed by atoms with Crippen molar-refractivity contribution in [2.45, 2.75) is 13.0 Å². The maximum Gasteiger partial charge on any atom is 0.162 e. The van der Waals surface area contributed by atoms with Crippen molar-refractivity contribution < 1.29 is 4.74 Å². The van der Waals surface area contributed by atoms with E-state index in [1.807, 2.05) is 19.1 Å². The van der Waals surface area contributed by atoms with Crippen LogP contribution in [0.15, 0.2) is 43.5 Å². The third kappa shape index (κ3) is 3.26. The van der Waals surface area contributed by atoms with Crippen molar-refractivity contribution in [2.75, 3.05) is 12.4 Å². The molecule has 4 rings (SSSR count). The smallest absolute Gasteiger partial charge is 0.162 e. The first-order valence-corrected chi connectivity index (χ1v) is 8.58. The Balaban J connectivity index is 1.76. The lowest BCUT2D eigenvalue weighted by Gasteiger charge is -2.20. The van der Waals surface area contributed by atoms with Crippen molar-refractivity contribution in [2.24, 2.45) is 0 Å². The predicted molar refractivity (Wildman–Crippen MR) is 103 cm³/mol. The van der Waals surface area contributed by atoms with Crippen LogP contribution in [0, 0.1) is 0 Å². The van der Waals surface area contributed by atoms with E-state index >= 15 is 0 Å². The standard InChI is InChI=1S/C18H16ClN7O/c1-10(26-18-15-17(23-8-22-15)24-9-25-18)13-3-12(19)4-14(16(13)27-2)11-5-20-7-21-6-11/h3-10H,1-2H3,(H2,22,23,24,25,26). The predicted octanol–water partition coefficient (Wildman–Crippen LogP) is 3.65. The van der Waals surface area contributed by atoms with Crippen molar-refractivity contribution in [3.63, 3.8) is 0 Å². The summed E-state index contributed by atoms with van der Waals surface area (Å²) in [4.78, 5) is 23.9. The molecular formula is C18H16ClN7O. The number of fused-ring (bicyclic) bond motifs is 1. The highest BCUT2D eigenvalue weighted by Crippen LogP contribution is 2.39. The van der Waals surface area contributed by atoms with Gasteiger partial charge in [0.1, 0.15) is 23.9 Å². The van der Waals surface area contributed by atoms with Crippen LogP contribution in [-0.4, -0.2) is 37.0 Å². The van der Waals surface area contributed by atoms with Gasteiger partial charge in [-0.05, 0) is 19.1 Å². The van der Waals surface area contributed by atoms with Gasteiger partial charge >= 0.3 is 0 Å². The molecule has 0 aliphatic carbocycles. The number of halogens is 1. The summed E-state index contributed by atoms with van der Waals surface area (Å²) in [6, 6.07) is 3.55. The second-order valence-electron chi connectivity index (χ2n) is 5.89. The molecule has 4 aromatic rings. The molecule has 0 aliphatic heterocycles. The first-order chi connectivity index (χ1) is 13.2. The van der Waals surface area contributed by atoms with Gasteiger partial charge in [-0.3, -0.25) is 0 Å². The van der Waals surface area contributed by atoms with Gasteiger partial charge in [-0.15, -0.1) is 0 Å². The van der Waals surface area contributed by atoms with Crippen molar-refractivity contribution in [3.8, 4) is 16.9 Å². The second kappa shape index (κ2) is 7.16. The van der Waals surface area contributed by atoms with Crippen molar-refractivity contribution in [1.29, 1.82) is 0 Å².